The quantitative estimate of drug-likeness (QED) is 0.155. The summed E-state index contributed by atoms with van der Waals surface area (Å²) in [5.74, 6) is 0. The van der Waals surface area contributed by atoms with Gasteiger partial charge in [0.25, 0.3) is 0 Å². The van der Waals surface area contributed by atoms with Crippen molar-refractivity contribution >= 4 is 26.7 Å². The summed E-state index contributed by atoms with van der Waals surface area (Å²) < 4.78 is 14.1. The Morgan fingerprint density at radius 2 is 1.43 bits per heavy atom. The van der Waals surface area contributed by atoms with Gasteiger partial charge in [-0.25, -0.2) is 0 Å². The van der Waals surface area contributed by atoms with E-state index in [2.05, 4.69) is 70.9 Å². The summed E-state index contributed by atoms with van der Waals surface area (Å²) in [6.45, 7) is 20.9. The second-order valence-electron chi connectivity index (χ2n) is 10.9. The molecule has 2 nitrogen and oxygen atoms in total. The molecule has 0 unspecified atom stereocenters. The van der Waals surface area contributed by atoms with Gasteiger partial charge in [-0.2, -0.15) is 0 Å². The number of unbranched alkanes of at least 4 members (excludes halogenated alkanes) is 3. The fraction of sp³-hybridized carbons (Fsp3) is 0.846. The van der Waals surface area contributed by atoms with E-state index in [4.69, 9.17) is 4.43 Å². The van der Waals surface area contributed by atoms with Crippen LogP contribution in [0.4, 0.5) is 0 Å². The Labute approximate surface area is 195 Å². The topological polar surface area (TPSA) is 29.5 Å². The van der Waals surface area contributed by atoms with Crippen LogP contribution in [0.1, 0.15) is 93.4 Å². The Hall–Kier alpha value is 0.416. The van der Waals surface area contributed by atoms with E-state index in [1.807, 2.05) is 6.92 Å². The molecule has 0 spiro atoms. The van der Waals surface area contributed by atoms with Gasteiger partial charge in [0.2, 0.25) is 0 Å². The number of rotatable bonds is 16. The molecule has 0 bridgehead atoms. The van der Waals surface area contributed by atoms with Crippen LogP contribution in [-0.2, 0) is 4.43 Å². The van der Waals surface area contributed by atoms with Crippen LogP contribution < -0.4 is 0 Å². The Bertz CT molecular complexity index is 484. The van der Waals surface area contributed by atoms with Gasteiger partial charge in [0.15, 0.2) is 0 Å². The summed E-state index contributed by atoms with van der Waals surface area (Å²) in [4.78, 5) is 0. The van der Waals surface area contributed by atoms with E-state index in [1.165, 1.54) is 51.8 Å². The Kier molecular flexibility index (Phi) is 15.5. The first kappa shape index (κ1) is 30.4. The van der Waals surface area contributed by atoms with Crippen molar-refractivity contribution in [3.8, 4) is 0 Å². The number of hydrogen-bond acceptors (Lipinski definition) is 2. The molecule has 30 heavy (non-hydrogen) atoms. The third-order valence-electron chi connectivity index (χ3n) is 6.95. The third kappa shape index (κ3) is 11.9. The minimum absolute atomic E-state index is 0.142. The van der Waals surface area contributed by atoms with Gasteiger partial charge in [0.1, 0.15) is 0 Å². The number of hydrogen-bond donors (Lipinski definition) is 1. The molecular formula is C26H54O2SiSn. The zero-order valence-electron chi connectivity index (χ0n) is 21.9. The van der Waals surface area contributed by atoms with Crippen LogP contribution in [0.25, 0.3) is 0 Å². The zero-order valence-corrected chi connectivity index (χ0v) is 25.8. The maximum absolute atomic E-state index is 9.45. The van der Waals surface area contributed by atoms with Crippen LogP contribution in [0.5, 0.6) is 0 Å². The summed E-state index contributed by atoms with van der Waals surface area (Å²) in [5, 5.41) is 9.66. The number of aliphatic hydroxyl groups is 1. The SMILES string of the molecule is CCC[CH2][Sn](/[CH]=C/[C@H](C/C=C(\C)CO)O[Si](C)(C)C(C)(C)C)([CH2]CCC)[CH2]CCC. The van der Waals surface area contributed by atoms with Gasteiger partial charge in [-0.1, -0.05) is 0 Å². The van der Waals surface area contributed by atoms with Gasteiger partial charge in [-0.05, 0) is 0 Å². The van der Waals surface area contributed by atoms with Crippen molar-refractivity contribution in [1.82, 2.24) is 0 Å². The molecule has 0 heterocycles. The van der Waals surface area contributed by atoms with Gasteiger partial charge in [0.05, 0.1) is 0 Å². The van der Waals surface area contributed by atoms with E-state index >= 15 is 0 Å². The monoisotopic (exact) mass is 546 g/mol. The fourth-order valence-corrected chi connectivity index (χ4v) is 19.3. The second-order valence-corrected chi connectivity index (χ2v) is 28.7. The van der Waals surface area contributed by atoms with Crippen LogP contribution in [0.2, 0.25) is 31.4 Å². The molecule has 0 aromatic carbocycles. The molecule has 0 aromatic rings. The molecule has 0 aliphatic rings. The van der Waals surface area contributed by atoms with Gasteiger partial charge >= 0.3 is 196 Å². The van der Waals surface area contributed by atoms with Crippen molar-refractivity contribution in [2.45, 2.75) is 131 Å². The summed E-state index contributed by atoms with van der Waals surface area (Å²) in [6, 6.07) is 0. The summed E-state index contributed by atoms with van der Waals surface area (Å²) in [7, 11) is -1.84. The first-order valence-electron chi connectivity index (χ1n) is 12.6. The summed E-state index contributed by atoms with van der Waals surface area (Å²) in [6.07, 6.45) is 13.8. The first-order chi connectivity index (χ1) is 14.0. The predicted octanol–water partition coefficient (Wildman–Crippen LogP) is 8.65. The minimum atomic E-state index is -2.31. The van der Waals surface area contributed by atoms with Crippen molar-refractivity contribution in [3.63, 3.8) is 0 Å². The van der Waals surface area contributed by atoms with Gasteiger partial charge < -0.3 is 0 Å². The van der Waals surface area contributed by atoms with E-state index < -0.39 is 26.7 Å². The third-order valence-corrected chi connectivity index (χ3v) is 25.6. The van der Waals surface area contributed by atoms with E-state index in [9.17, 15) is 5.11 Å². The van der Waals surface area contributed by atoms with Gasteiger partial charge in [-0.15, -0.1) is 0 Å². The van der Waals surface area contributed by atoms with Crippen LogP contribution in [0.3, 0.4) is 0 Å². The molecule has 0 rings (SSSR count). The number of aliphatic hydroxyl groups excluding tert-OH is 1. The molecule has 0 saturated carbocycles. The van der Waals surface area contributed by atoms with E-state index in [0.717, 1.165) is 12.0 Å². The molecule has 0 aromatic heterocycles. The Morgan fingerprint density at radius 1 is 0.967 bits per heavy atom. The predicted molar refractivity (Wildman–Crippen MR) is 142 cm³/mol. The molecule has 1 N–H and O–H groups in total. The van der Waals surface area contributed by atoms with Gasteiger partial charge in [-0.3, -0.25) is 0 Å². The van der Waals surface area contributed by atoms with Crippen LogP contribution >= 0.6 is 0 Å². The first-order valence-corrected chi connectivity index (χ1v) is 23.2. The van der Waals surface area contributed by atoms with Crippen LogP contribution in [0.15, 0.2) is 21.8 Å². The van der Waals surface area contributed by atoms with Crippen molar-refractivity contribution in [2.24, 2.45) is 0 Å². The second kappa shape index (κ2) is 15.3. The Balaban J connectivity index is 5.82. The molecular weight excluding hydrogens is 491 g/mol. The molecule has 0 radical (unpaired) electrons. The molecule has 0 aliphatic heterocycles. The van der Waals surface area contributed by atoms with Crippen molar-refractivity contribution in [3.05, 3.63) is 21.8 Å². The fourth-order valence-electron chi connectivity index (χ4n) is 3.63. The maximum atomic E-state index is 9.45. The van der Waals surface area contributed by atoms with E-state index in [-0.39, 0.29) is 17.7 Å². The van der Waals surface area contributed by atoms with Crippen LogP contribution in [0, 0.1) is 0 Å². The van der Waals surface area contributed by atoms with Crippen LogP contribution in [-0.4, -0.2) is 44.5 Å². The average molecular weight is 546 g/mol. The van der Waals surface area contributed by atoms with Crippen molar-refractivity contribution in [1.29, 1.82) is 0 Å². The molecule has 178 valence electrons. The summed E-state index contributed by atoms with van der Waals surface area (Å²) in [5.41, 5.74) is 1.05. The molecule has 4 heteroatoms. The summed E-state index contributed by atoms with van der Waals surface area (Å²) >= 11 is -2.31. The van der Waals surface area contributed by atoms with Crippen molar-refractivity contribution in [2.75, 3.05) is 6.61 Å². The molecule has 1 atom stereocenters. The molecule has 0 aliphatic carbocycles. The normalized spacial score (nSPS) is 15.2. The average Bonchev–Trinajstić information content (AvgIpc) is 2.69. The standard InChI is InChI=1S/C14H27O2Si.3C4H9.Sn/c1-8-13(10-9-12(2)11-15)16-17(6,7)14(3,4)5;3*1-3-4-2;/h1,8-9,13,15H,10-11H2,2-7H3;3*1,3-4H2,2H3;/b8-1?,12-9+;;;;/t13-;;;;/m1..../s1. The molecule has 0 amide bonds. The Morgan fingerprint density at radius 3 is 1.80 bits per heavy atom. The van der Waals surface area contributed by atoms with Crippen molar-refractivity contribution < 1.29 is 9.53 Å². The van der Waals surface area contributed by atoms with Gasteiger partial charge in [0, 0.05) is 0 Å². The molecule has 0 saturated heterocycles. The zero-order chi connectivity index (χ0) is 23.3. The molecule has 0 fully saturated rings. The van der Waals surface area contributed by atoms with E-state index in [0.29, 0.717) is 0 Å². The van der Waals surface area contributed by atoms with E-state index in [1.54, 1.807) is 0 Å².